The Kier molecular flexibility index (Phi) is 5.87. The molecule has 3 heteroatoms. The van der Waals surface area contributed by atoms with Gasteiger partial charge in [-0.15, -0.1) is 0 Å². The van der Waals surface area contributed by atoms with Gasteiger partial charge in [-0.1, -0.05) is 19.9 Å². The Bertz CT molecular complexity index is 416. The Labute approximate surface area is 116 Å². The van der Waals surface area contributed by atoms with Crippen LogP contribution in [-0.4, -0.2) is 5.91 Å². The van der Waals surface area contributed by atoms with Gasteiger partial charge >= 0.3 is 0 Å². The Morgan fingerprint density at radius 2 is 1.37 bits per heavy atom. The molecule has 19 heavy (non-hydrogen) atoms. The highest BCUT2D eigenvalue weighted by molar-refractivity contribution is 5.70. The summed E-state index contributed by atoms with van der Waals surface area (Å²) in [6, 6.07) is 2.42. The van der Waals surface area contributed by atoms with Crippen molar-refractivity contribution in [3.05, 3.63) is 28.3 Å². The molecule has 2 aliphatic carbocycles. The van der Waals surface area contributed by atoms with Crippen molar-refractivity contribution >= 4 is 11.6 Å². The van der Waals surface area contributed by atoms with E-state index in [1.54, 1.807) is 0 Å². The molecule has 0 fully saturated rings. The first-order valence-electron chi connectivity index (χ1n) is 7.27. The second kappa shape index (κ2) is 7.17. The molecule has 0 saturated heterocycles. The molecule has 0 radical (unpaired) electrons. The standard InChI is InChI=1S/C12H15N.C2H5NO.C2H6/c13-12-10-5-1-3-8(10)7-9-4-2-6-11(9)12;1-2(3)4;1-2/h7H,1-6,13H2;1H3,(H2,3,4);1-2H3. The van der Waals surface area contributed by atoms with E-state index in [1.807, 2.05) is 13.8 Å². The van der Waals surface area contributed by atoms with E-state index >= 15 is 0 Å². The number of nitrogens with two attached hydrogens (primary N) is 2. The summed E-state index contributed by atoms with van der Waals surface area (Å²) in [5.41, 5.74) is 17.8. The number of fused-ring (bicyclic) bond motifs is 2. The molecule has 0 unspecified atom stereocenters. The summed E-state index contributed by atoms with van der Waals surface area (Å²) >= 11 is 0. The summed E-state index contributed by atoms with van der Waals surface area (Å²) in [6.07, 6.45) is 7.56. The number of carbonyl (C=O) groups excluding carboxylic acids is 1. The van der Waals surface area contributed by atoms with E-state index in [2.05, 4.69) is 11.8 Å². The maximum Gasteiger partial charge on any atom is 0.214 e. The highest BCUT2D eigenvalue weighted by Crippen LogP contribution is 2.36. The van der Waals surface area contributed by atoms with Gasteiger partial charge in [0.15, 0.2) is 0 Å². The molecular formula is C16H26N2O. The molecule has 3 rings (SSSR count). The predicted octanol–water partition coefficient (Wildman–Crippen LogP) is 2.76. The Balaban J connectivity index is 0.000000262. The largest absolute Gasteiger partial charge is 0.398 e. The van der Waals surface area contributed by atoms with Crippen LogP contribution in [0.1, 0.15) is 55.9 Å². The fraction of sp³-hybridized carbons (Fsp3) is 0.562. The van der Waals surface area contributed by atoms with Crippen molar-refractivity contribution in [3.63, 3.8) is 0 Å². The highest BCUT2D eigenvalue weighted by Gasteiger charge is 2.21. The van der Waals surface area contributed by atoms with Gasteiger partial charge in [-0.2, -0.15) is 0 Å². The van der Waals surface area contributed by atoms with Crippen LogP contribution in [0.15, 0.2) is 6.07 Å². The van der Waals surface area contributed by atoms with Gasteiger partial charge in [0, 0.05) is 12.6 Å². The molecular weight excluding hydrogens is 236 g/mol. The molecule has 0 atom stereocenters. The maximum absolute atomic E-state index is 9.22. The first-order chi connectivity index (χ1) is 9.09. The topological polar surface area (TPSA) is 69.1 Å². The normalized spacial score (nSPS) is 14.5. The van der Waals surface area contributed by atoms with E-state index in [9.17, 15) is 4.79 Å². The maximum atomic E-state index is 9.22. The monoisotopic (exact) mass is 262 g/mol. The zero-order chi connectivity index (χ0) is 14.4. The smallest absolute Gasteiger partial charge is 0.214 e. The van der Waals surface area contributed by atoms with Crippen LogP contribution in [0.4, 0.5) is 5.69 Å². The van der Waals surface area contributed by atoms with Crippen LogP contribution in [-0.2, 0) is 30.5 Å². The van der Waals surface area contributed by atoms with Crippen LogP contribution < -0.4 is 11.5 Å². The quantitative estimate of drug-likeness (QED) is 0.706. The molecule has 2 aliphatic rings. The zero-order valence-electron chi connectivity index (χ0n) is 12.4. The third kappa shape index (κ3) is 3.72. The number of amides is 1. The van der Waals surface area contributed by atoms with Crippen LogP contribution in [0.2, 0.25) is 0 Å². The Hall–Kier alpha value is -1.51. The number of aryl methyl sites for hydroxylation is 2. The summed E-state index contributed by atoms with van der Waals surface area (Å²) in [6.45, 7) is 5.31. The molecule has 0 aromatic heterocycles. The van der Waals surface area contributed by atoms with Gasteiger partial charge in [0.25, 0.3) is 0 Å². The molecule has 1 aromatic rings. The number of anilines is 1. The number of rotatable bonds is 0. The molecule has 0 saturated carbocycles. The molecule has 1 amide bonds. The van der Waals surface area contributed by atoms with Crippen LogP contribution in [0.25, 0.3) is 0 Å². The fourth-order valence-electron chi connectivity index (χ4n) is 2.86. The SMILES string of the molecule is CC.CC(N)=O.Nc1c2c(cc3c1CCC3)CCC2. The lowest BCUT2D eigenvalue weighted by molar-refractivity contribution is -0.115. The van der Waals surface area contributed by atoms with E-state index in [-0.39, 0.29) is 5.91 Å². The van der Waals surface area contributed by atoms with Crippen LogP contribution in [0.5, 0.6) is 0 Å². The van der Waals surface area contributed by atoms with E-state index in [1.165, 1.54) is 67.7 Å². The third-order valence-electron chi connectivity index (χ3n) is 3.52. The first-order valence-corrected chi connectivity index (χ1v) is 7.27. The number of benzene rings is 1. The zero-order valence-corrected chi connectivity index (χ0v) is 12.4. The van der Waals surface area contributed by atoms with Crippen LogP contribution in [0, 0.1) is 0 Å². The third-order valence-corrected chi connectivity index (χ3v) is 3.52. The number of hydrogen-bond acceptors (Lipinski definition) is 2. The minimum Gasteiger partial charge on any atom is -0.398 e. The molecule has 0 heterocycles. The Morgan fingerprint density at radius 1 is 1.00 bits per heavy atom. The van der Waals surface area contributed by atoms with Gasteiger partial charge in [-0.3, -0.25) is 4.79 Å². The van der Waals surface area contributed by atoms with Crippen molar-refractivity contribution in [1.29, 1.82) is 0 Å². The van der Waals surface area contributed by atoms with Gasteiger partial charge in [0.05, 0.1) is 0 Å². The van der Waals surface area contributed by atoms with Crippen molar-refractivity contribution in [1.82, 2.24) is 0 Å². The number of carbonyl (C=O) groups is 1. The van der Waals surface area contributed by atoms with Crippen molar-refractivity contribution in [3.8, 4) is 0 Å². The van der Waals surface area contributed by atoms with Crippen molar-refractivity contribution in [2.75, 3.05) is 5.73 Å². The van der Waals surface area contributed by atoms with Crippen molar-refractivity contribution in [2.24, 2.45) is 5.73 Å². The number of hydrogen-bond donors (Lipinski definition) is 2. The predicted molar refractivity (Wildman–Crippen MR) is 81.1 cm³/mol. The van der Waals surface area contributed by atoms with Crippen molar-refractivity contribution < 1.29 is 4.79 Å². The summed E-state index contributed by atoms with van der Waals surface area (Å²) in [5.74, 6) is -0.333. The van der Waals surface area contributed by atoms with E-state index in [0.717, 1.165) is 5.69 Å². The average molecular weight is 262 g/mol. The van der Waals surface area contributed by atoms with Crippen LogP contribution >= 0.6 is 0 Å². The molecule has 0 bridgehead atoms. The lowest BCUT2D eigenvalue weighted by atomic mass is 9.99. The van der Waals surface area contributed by atoms with E-state index < -0.39 is 0 Å². The second-order valence-electron chi connectivity index (χ2n) is 4.88. The fourth-order valence-corrected chi connectivity index (χ4v) is 2.86. The highest BCUT2D eigenvalue weighted by atomic mass is 16.1. The van der Waals surface area contributed by atoms with Gasteiger partial charge < -0.3 is 11.5 Å². The molecule has 4 N–H and O–H groups in total. The minimum absolute atomic E-state index is 0.333. The minimum atomic E-state index is -0.333. The molecule has 0 aliphatic heterocycles. The molecule has 3 nitrogen and oxygen atoms in total. The van der Waals surface area contributed by atoms with E-state index in [4.69, 9.17) is 5.73 Å². The number of primary amides is 1. The molecule has 0 spiro atoms. The van der Waals surface area contributed by atoms with Gasteiger partial charge in [-0.05, 0) is 60.8 Å². The van der Waals surface area contributed by atoms with Crippen LogP contribution in [0.3, 0.4) is 0 Å². The summed E-state index contributed by atoms with van der Waals surface area (Å²) in [7, 11) is 0. The summed E-state index contributed by atoms with van der Waals surface area (Å²) in [5, 5.41) is 0. The number of nitrogen functional groups attached to an aromatic ring is 1. The lowest BCUT2D eigenvalue weighted by Gasteiger charge is -2.10. The van der Waals surface area contributed by atoms with Gasteiger partial charge in [0.1, 0.15) is 0 Å². The Morgan fingerprint density at radius 3 is 1.74 bits per heavy atom. The lowest BCUT2D eigenvalue weighted by Crippen LogP contribution is -2.01. The molecule has 1 aromatic carbocycles. The van der Waals surface area contributed by atoms with Gasteiger partial charge in [0.2, 0.25) is 5.91 Å². The summed E-state index contributed by atoms with van der Waals surface area (Å²) < 4.78 is 0. The average Bonchev–Trinajstić information content (AvgIpc) is 2.99. The van der Waals surface area contributed by atoms with Crippen molar-refractivity contribution in [2.45, 2.75) is 59.3 Å². The van der Waals surface area contributed by atoms with Gasteiger partial charge in [-0.25, -0.2) is 0 Å². The first kappa shape index (κ1) is 15.5. The molecule has 106 valence electrons. The second-order valence-corrected chi connectivity index (χ2v) is 4.88. The summed E-state index contributed by atoms with van der Waals surface area (Å²) in [4.78, 5) is 9.22. The van der Waals surface area contributed by atoms with E-state index in [0.29, 0.717) is 0 Å².